The number of amides is 2. The van der Waals surface area contributed by atoms with E-state index < -0.39 is 6.04 Å². The first-order valence-corrected chi connectivity index (χ1v) is 8.43. The number of carbonyl (C=O) groups is 2. The lowest BCUT2D eigenvalue weighted by atomic mass is 10.1. The third kappa shape index (κ3) is 3.85. The lowest BCUT2D eigenvalue weighted by molar-refractivity contribution is -0.156. The van der Waals surface area contributed by atoms with E-state index in [0.717, 1.165) is 11.3 Å². The highest BCUT2D eigenvalue weighted by Gasteiger charge is 2.36. The summed E-state index contributed by atoms with van der Waals surface area (Å²) >= 11 is 0. The number of carbonyl (C=O) groups excluding carboxylic acids is 2. The summed E-state index contributed by atoms with van der Waals surface area (Å²) in [6.07, 6.45) is 0. The molecule has 0 N–H and O–H groups in total. The molecule has 1 aliphatic heterocycles. The summed E-state index contributed by atoms with van der Waals surface area (Å²) in [6, 6.07) is 12.9. The number of ether oxygens (including phenoxy) is 1. The number of halogens is 1. The molecule has 1 atom stereocenters. The van der Waals surface area contributed by atoms with Crippen LogP contribution in [0.1, 0.15) is 18.1 Å². The maximum atomic E-state index is 13.4. The van der Waals surface area contributed by atoms with Crippen LogP contribution in [0.2, 0.25) is 0 Å². The van der Waals surface area contributed by atoms with Gasteiger partial charge in [-0.2, -0.15) is 0 Å². The standard InChI is InChI=1S/C20H21FN2O3/c1-14-20(25)22(11-15-6-8-18(26-2)9-7-15)13-19(24)23(14)12-16-4-3-5-17(21)10-16/h3-10,14H,11-13H2,1-2H3/t14-/m0/s1. The third-order valence-electron chi connectivity index (χ3n) is 4.56. The van der Waals surface area contributed by atoms with Gasteiger partial charge in [0, 0.05) is 13.1 Å². The topological polar surface area (TPSA) is 49.9 Å². The van der Waals surface area contributed by atoms with Crippen LogP contribution >= 0.6 is 0 Å². The van der Waals surface area contributed by atoms with Crippen LogP contribution in [0.4, 0.5) is 4.39 Å². The minimum Gasteiger partial charge on any atom is -0.497 e. The van der Waals surface area contributed by atoms with E-state index in [1.54, 1.807) is 31.1 Å². The molecule has 6 heteroatoms. The summed E-state index contributed by atoms with van der Waals surface area (Å²) in [5.74, 6) is 0.128. The molecule has 3 rings (SSSR count). The van der Waals surface area contributed by atoms with Gasteiger partial charge in [0.25, 0.3) is 0 Å². The summed E-state index contributed by atoms with van der Waals surface area (Å²) in [6.45, 7) is 2.32. The lowest BCUT2D eigenvalue weighted by Gasteiger charge is -2.38. The normalized spacial score (nSPS) is 17.6. The van der Waals surface area contributed by atoms with Gasteiger partial charge in [-0.3, -0.25) is 9.59 Å². The van der Waals surface area contributed by atoms with E-state index in [9.17, 15) is 14.0 Å². The van der Waals surface area contributed by atoms with Crippen molar-refractivity contribution >= 4 is 11.8 Å². The molecule has 0 unspecified atom stereocenters. The van der Waals surface area contributed by atoms with Crippen LogP contribution in [-0.2, 0) is 22.7 Å². The minimum absolute atomic E-state index is 0.0184. The first-order valence-electron chi connectivity index (χ1n) is 8.43. The van der Waals surface area contributed by atoms with Crippen LogP contribution in [0.15, 0.2) is 48.5 Å². The van der Waals surface area contributed by atoms with Crippen molar-refractivity contribution in [2.75, 3.05) is 13.7 Å². The highest BCUT2D eigenvalue weighted by molar-refractivity contribution is 5.94. The second-order valence-corrected chi connectivity index (χ2v) is 6.37. The number of methoxy groups -OCH3 is 1. The molecule has 0 aromatic heterocycles. The highest BCUT2D eigenvalue weighted by atomic mass is 19.1. The van der Waals surface area contributed by atoms with Crippen LogP contribution in [0.5, 0.6) is 5.75 Å². The minimum atomic E-state index is -0.585. The Bertz CT molecular complexity index is 807. The Hall–Kier alpha value is -2.89. The van der Waals surface area contributed by atoms with Gasteiger partial charge >= 0.3 is 0 Å². The molecule has 26 heavy (non-hydrogen) atoms. The molecule has 5 nitrogen and oxygen atoms in total. The zero-order valence-corrected chi connectivity index (χ0v) is 14.8. The molecule has 1 aliphatic rings. The summed E-state index contributed by atoms with van der Waals surface area (Å²) in [5, 5.41) is 0. The highest BCUT2D eigenvalue weighted by Crippen LogP contribution is 2.20. The number of hydrogen-bond acceptors (Lipinski definition) is 3. The molecule has 0 aliphatic carbocycles. The average molecular weight is 356 g/mol. The number of rotatable bonds is 5. The molecule has 2 aromatic carbocycles. The van der Waals surface area contributed by atoms with Gasteiger partial charge in [-0.25, -0.2) is 4.39 Å². The Morgan fingerprint density at radius 2 is 1.81 bits per heavy atom. The Morgan fingerprint density at radius 3 is 2.46 bits per heavy atom. The van der Waals surface area contributed by atoms with E-state index in [1.807, 2.05) is 24.3 Å². The molecule has 0 saturated carbocycles. The van der Waals surface area contributed by atoms with Gasteiger partial charge in [0.2, 0.25) is 11.8 Å². The second kappa shape index (κ2) is 7.56. The smallest absolute Gasteiger partial charge is 0.245 e. The van der Waals surface area contributed by atoms with Crippen molar-refractivity contribution in [3.05, 3.63) is 65.5 Å². The average Bonchev–Trinajstić information content (AvgIpc) is 2.64. The van der Waals surface area contributed by atoms with Crippen LogP contribution in [0.3, 0.4) is 0 Å². The van der Waals surface area contributed by atoms with Crippen molar-refractivity contribution in [3.8, 4) is 5.75 Å². The van der Waals surface area contributed by atoms with Gasteiger partial charge in [0.1, 0.15) is 24.2 Å². The van der Waals surface area contributed by atoms with Crippen molar-refractivity contribution in [2.45, 2.75) is 26.1 Å². The van der Waals surface area contributed by atoms with Crippen LogP contribution < -0.4 is 4.74 Å². The molecular weight excluding hydrogens is 335 g/mol. The van der Waals surface area contributed by atoms with Gasteiger partial charge in [-0.15, -0.1) is 0 Å². The molecule has 1 saturated heterocycles. The van der Waals surface area contributed by atoms with Crippen molar-refractivity contribution < 1.29 is 18.7 Å². The fraction of sp³-hybridized carbons (Fsp3) is 0.300. The number of piperazine rings is 1. The van der Waals surface area contributed by atoms with Crippen molar-refractivity contribution in [1.29, 1.82) is 0 Å². The molecule has 0 radical (unpaired) electrons. The van der Waals surface area contributed by atoms with E-state index in [1.165, 1.54) is 17.0 Å². The molecular formula is C20H21FN2O3. The third-order valence-corrected chi connectivity index (χ3v) is 4.56. The van der Waals surface area contributed by atoms with E-state index in [0.29, 0.717) is 12.1 Å². The van der Waals surface area contributed by atoms with Gasteiger partial charge in [0.05, 0.1) is 7.11 Å². The largest absolute Gasteiger partial charge is 0.497 e. The number of benzene rings is 2. The van der Waals surface area contributed by atoms with Crippen molar-refractivity contribution in [3.63, 3.8) is 0 Å². The molecule has 1 heterocycles. The van der Waals surface area contributed by atoms with E-state index in [2.05, 4.69) is 0 Å². The summed E-state index contributed by atoms with van der Waals surface area (Å²) < 4.78 is 18.5. The Kier molecular flexibility index (Phi) is 5.21. The van der Waals surface area contributed by atoms with Crippen LogP contribution in [0.25, 0.3) is 0 Å². The fourth-order valence-corrected chi connectivity index (χ4v) is 3.09. The van der Waals surface area contributed by atoms with Crippen molar-refractivity contribution in [2.24, 2.45) is 0 Å². The number of hydrogen-bond donors (Lipinski definition) is 0. The summed E-state index contributed by atoms with van der Waals surface area (Å²) in [5.41, 5.74) is 1.60. The summed E-state index contributed by atoms with van der Waals surface area (Å²) in [4.78, 5) is 28.3. The van der Waals surface area contributed by atoms with E-state index >= 15 is 0 Å². The SMILES string of the molecule is COc1ccc(CN2CC(=O)N(Cc3cccc(F)c3)[C@@H](C)C2=O)cc1. The van der Waals surface area contributed by atoms with Gasteiger partial charge in [-0.05, 0) is 42.3 Å². The van der Waals surface area contributed by atoms with Crippen molar-refractivity contribution in [1.82, 2.24) is 9.80 Å². The predicted octanol–water partition coefficient (Wildman–Crippen LogP) is 2.59. The van der Waals surface area contributed by atoms with Gasteiger partial charge in [-0.1, -0.05) is 24.3 Å². The monoisotopic (exact) mass is 356 g/mol. The maximum absolute atomic E-state index is 13.4. The number of nitrogens with zero attached hydrogens (tertiary/aromatic N) is 2. The molecule has 0 spiro atoms. The zero-order valence-electron chi connectivity index (χ0n) is 14.8. The van der Waals surface area contributed by atoms with Crippen LogP contribution in [-0.4, -0.2) is 41.3 Å². The molecule has 1 fully saturated rings. The Balaban J connectivity index is 1.70. The first kappa shape index (κ1) is 17.9. The molecule has 2 amide bonds. The zero-order chi connectivity index (χ0) is 18.7. The predicted molar refractivity (Wildman–Crippen MR) is 94.8 cm³/mol. The van der Waals surface area contributed by atoms with Gasteiger partial charge in [0.15, 0.2) is 0 Å². The fourth-order valence-electron chi connectivity index (χ4n) is 3.09. The lowest BCUT2D eigenvalue weighted by Crippen LogP contribution is -2.57. The molecule has 0 bridgehead atoms. The first-order chi connectivity index (χ1) is 12.5. The van der Waals surface area contributed by atoms with Gasteiger partial charge < -0.3 is 14.5 Å². The van der Waals surface area contributed by atoms with Crippen LogP contribution in [0, 0.1) is 5.82 Å². The molecule has 136 valence electrons. The summed E-state index contributed by atoms with van der Waals surface area (Å²) in [7, 11) is 1.59. The molecule has 2 aromatic rings. The van der Waals surface area contributed by atoms with E-state index in [-0.39, 0.29) is 30.7 Å². The Morgan fingerprint density at radius 1 is 1.08 bits per heavy atom. The maximum Gasteiger partial charge on any atom is 0.245 e. The second-order valence-electron chi connectivity index (χ2n) is 6.37. The van der Waals surface area contributed by atoms with E-state index in [4.69, 9.17) is 4.74 Å². The Labute approximate surface area is 152 Å². The quantitative estimate of drug-likeness (QED) is 0.827.